The molecule has 0 spiro atoms. The molecule has 126 valence electrons. The van der Waals surface area contributed by atoms with Crippen molar-refractivity contribution in [3.63, 3.8) is 0 Å². The molecule has 1 unspecified atom stereocenters. The number of hydrogen-bond donors (Lipinski definition) is 3. The van der Waals surface area contributed by atoms with Gasteiger partial charge in [0.25, 0.3) is 0 Å². The third-order valence-corrected chi connectivity index (χ3v) is 3.53. The van der Waals surface area contributed by atoms with Crippen LogP contribution in [-0.4, -0.2) is 11.9 Å². The van der Waals surface area contributed by atoms with Crippen LogP contribution in [0, 0.1) is 11.3 Å². The van der Waals surface area contributed by atoms with Gasteiger partial charge in [-0.25, -0.2) is 4.79 Å². The summed E-state index contributed by atoms with van der Waals surface area (Å²) >= 11 is 0. The largest absolute Gasteiger partial charge is 0.351 e. The monoisotopic (exact) mass is 334 g/mol. The van der Waals surface area contributed by atoms with Gasteiger partial charge in [0, 0.05) is 11.8 Å². The second-order valence-electron chi connectivity index (χ2n) is 5.37. The van der Waals surface area contributed by atoms with E-state index >= 15 is 0 Å². The number of primary amides is 1. The number of urea groups is 1. The maximum Gasteiger partial charge on any atom is 0.316 e. The molecule has 1 atom stereocenters. The Labute approximate surface area is 146 Å². The summed E-state index contributed by atoms with van der Waals surface area (Å²) in [7, 11) is 0. The summed E-state index contributed by atoms with van der Waals surface area (Å²) in [4.78, 5) is 22.9. The van der Waals surface area contributed by atoms with E-state index < -0.39 is 6.03 Å². The van der Waals surface area contributed by atoms with Crippen molar-refractivity contribution in [2.24, 2.45) is 5.73 Å². The Morgan fingerprint density at radius 2 is 1.84 bits per heavy atom. The van der Waals surface area contributed by atoms with Gasteiger partial charge in [-0.2, -0.15) is 5.26 Å². The van der Waals surface area contributed by atoms with Gasteiger partial charge in [-0.05, 0) is 42.3 Å². The minimum absolute atomic E-state index is 0.217. The predicted octanol–water partition coefficient (Wildman–Crippen LogP) is 2.94. The fourth-order valence-electron chi connectivity index (χ4n) is 2.25. The topological polar surface area (TPSA) is 108 Å². The molecule has 4 N–H and O–H groups in total. The van der Waals surface area contributed by atoms with Gasteiger partial charge in [0.1, 0.15) is 0 Å². The lowest BCUT2D eigenvalue weighted by Crippen LogP contribution is -2.24. The standard InChI is InChI=1S/C19H18N4O2/c1-13(14-6-9-17(10-7-14)23-19(21)25)22-18(24)11-8-15-4-2-3-5-16(15)12-20/h2-11,13H,1H3,(H,22,24)(H3,21,23,25)/b11-8+. The van der Waals surface area contributed by atoms with Crippen LogP contribution < -0.4 is 16.4 Å². The number of carbonyl (C=O) groups is 2. The molecular weight excluding hydrogens is 316 g/mol. The van der Waals surface area contributed by atoms with Crippen molar-refractivity contribution in [1.29, 1.82) is 5.26 Å². The van der Waals surface area contributed by atoms with E-state index in [1.807, 2.05) is 13.0 Å². The van der Waals surface area contributed by atoms with Crippen LogP contribution in [-0.2, 0) is 4.79 Å². The summed E-state index contributed by atoms with van der Waals surface area (Å²) < 4.78 is 0. The van der Waals surface area contributed by atoms with Gasteiger partial charge < -0.3 is 16.4 Å². The van der Waals surface area contributed by atoms with Crippen molar-refractivity contribution in [3.8, 4) is 6.07 Å². The highest BCUT2D eigenvalue weighted by Gasteiger charge is 2.08. The van der Waals surface area contributed by atoms with E-state index in [0.29, 0.717) is 16.8 Å². The van der Waals surface area contributed by atoms with Crippen LogP contribution in [0.25, 0.3) is 6.08 Å². The highest BCUT2D eigenvalue weighted by molar-refractivity contribution is 5.92. The highest BCUT2D eigenvalue weighted by Crippen LogP contribution is 2.16. The van der Waals surface area contributed by atoms with Crippen molar-refractivity contribution in [2.75, 3.05) is 5.32 Å². The lowest BCUT2D eigenvalue weighted by Gasteiger charge is -2.13. The number of carbonyl (C=O) groups excluding carboxylic acids is 2. The first kappa shape index (κ1) is 17.8. The number of rotatable bonds is 5. The molecule has 0 fully saturated rings. The molecule has 0 aliphatic rings. The molecule has 6 nitrogen and oxygen atoms in total. The molecule has 0 bridgehead atoms. The quantitative estimate of drug-likeness (QED) is 0.731. The van der Waals surface area contributed by atoms with E-state index in [1.54, 1.807) is 48.5 Å². The van der Waals surface area contributed by atoms with Crippen molar-refractivity contribution in [3.05, 3.63) is 71.3 Å². The Hall–Kier alpha value is -3.59. The minimum Gasteiger partial charge on any atom is -0.351 e. The molecule has 0 aliphatic heterocycles. The van der Waals surface area contributed by atoms with Crippen LogP contribution in [0.2, 0.25) is 0 Å². The average molecular weight is 334 g/mol. The van der Waals surface area contributed by atoms with E-state index in [2.05, 4.69) is 16.7 Å². The highest BCUT2D eigenvalue weighted by atomic mass is 16.2. The van der Waals surface area contributed by atoms with Crippen LogP contribution in [0.15, 0.2) is 54.6 Å². The van der Waals surface area contributed by atoms with E-state index in [4.69, 9.17) is 11.0 Å². The minimum atomic E-state index is -0.628. The maximum atomic E-state index is 12.1. The van der Waals surface area contributed by atoms with Crippen molar-refractivity contribution < 1.29 is 9.59 Å². The number of nitriles is 1. The summed E-state index contributed by atoms with van der Waals surface area (Å²) in [6, 6.07) is 15.3. The zero-order valence-corrected chi connectivity index (χ0v) is 13.7. The smallest absolute Gasteiger partial charge is 0.316 e. The fourth-order valence-corrected chi connectivity index (χ4v) is 2.25. The van der Waals surface area contributed by atoms with Crippen molar-refractivity contribution in [2.45, 2.75) is 13.0 Å². The van der Waals surface area contributed by atoms with Gasteiger partial charge >= 0.3 is 6.03 Å². The second-order valence-corrected chi connectivity index (χ2v) is 5.37. The van der Waals surface area contributed by atoms with Gasteiger partial charge in [0.05, 0.1) is 17.7 Å². The average Bonchev–Trinajstić information content (AvgIpc) is 2.60. The lowest BCUT2D eigenvalue weighted by atomic mass is 10.1. The maximum absolute atomic E-state index is 12.1. The van der Waals surface area contributed by atoms with Crippen LogP contribution in [0.5, 0.6) is 0 Å². The molecule has 0 heterocycles. The zero-order chi connectivity index (χ0) is 18.2. The molecule has 3 amide bonds. The van der Waals surface area contributed by atoms with E-state index in [9.17, 15) is 9.59 Å². The zero-order valence-electron chi connectivity index (χ0n) is 13.7. The van der Waals surface area contributed by atoms with Crippen molar-refractivity contribution in [1.82, 2.24) is 5.32 Å². The van der Waals surface area contributed by atoms with Crippen LogP contribution >= 0.6 is 0 Å². The Kier molecular flexibility index (Phi) is 5.91. The number of nitrogens with one attached hydrogen (secondary N) is 2. The molecule has 25 heavy (non-hydrogen) atoms. The van der Waals surface area contributed by atoms with Gasteiger partial charge in [-0.15, -0.1) is 0 Å². The van der Waals surface area contributed by atoms with Crippen LogP contribution in [0.3, 0.4) is 0 Å². The molecule has 0 saturated heterocycles. The summed E-state index contributed by atoms with van der Waals surface area (Å²) in [6.07, 6.45) is 3.01. The summed E-state index contributed by atoms with van der Waals surface area (Å²) in [6.45, 7) is 1.85. The summed E-state index contributed by atoms with van der Waals surface area (Å²) in [5, 5.41) is 14.4. The van der Waals surface area contributed by atoms with Gasteiger partial charge in [0.15, 0.2) is 0 Å². The number of amides is 3. The molecule has 6 heteroatoms. The lowest BCUT2D eigenvalue weighted by molar-refractivity contribution is -0.117. The Balaban J connectivity index is 1.99. The van der Waals surface area contributed by atoms with E-state index in [-0.39, 0.29) is 11.9 Å². The van der Waals surface area contributed by atoms with Crippen LogP contribution in [0.1, 0.15) is 29.7 Å². The number of benzene rings is 2. The summed E-state index contributed by atoms with van der Waals surface area (Å²) in [5.41, 5.74) is 7.73. The molecule has 0 radical (unpaired) electrons. The Bertz CT molecular complexity index is 835. The molecular formula is C19H18N4O2. The first-order chi connectivity index (χ1) is 12.0. The van der Waals surface area contributed by atoms with Gasteiger partial charge in [-0.3, -0.25) is 4.79 Å². The first-order valence-corrected chi connectivity index (χ1v) is 7.63. The molecule has 2 aromatic carbocycles. The van der Waals surface area contributed by atoms with E-state index in [0.717, 1.165) is 5.56 Å². The first-order valence-electron chi connectivity index (χ1n) is 7.63. The number of hydrogen-bond acceptors (Lipinski definition) is 3. The summed E-state index contributed by atoms with van der Waals surface area (Å²) in [5.74, 6) is -0.264. The molecule has 2 rings (SSSR count). The third kappa shape index (κ3) is 5.22. The molecule has 0 saturated carbocycles. The Morgan fingerprint density at radius 3 is 2.48 bits per heavy atom. The number of nitrogens with zero attached hydrogens (tertiary/aromatic N) is 1. The predicted molar refractivity (Wildman–Crippen MR) is 96.4 cm³/mol. The Morgan fingerprint density at radius 1 is 1.16 bits per heavy atom. The third-order valence-electron chi connectivity index (χ3n) is 3.53. The van der Waals surface area contributed by atoms with Crippen LogP contribution in [0.4, 0.5) is 10.5 Å². The number of anilines is 1. The molecule has 2 aromatic rings. The fraction of sp³-hybridized carbons (Fsp3) is 0.105. The van der Waals surface area contributed by atoms with Gasteiger partial charge in [-0.1, -0.05) is 30.3 Å². The number of nitrogens with two attached hydrogens (primary N) is 1. The SMILES string of the molecule is CC(NC(=O)/C=C/c1ccccc1C#N)c1ccc(NC(N)=O)cc1. The van der Waals surface area contributed by atoms with Gasteiger partial charge in [0.2, 0.25) is 5.91 Å². The second kappa shape index (κ2) is 8.31. The van der Waals surface area contributed by atoms with Crippen molar-refractivity contribution >= 4 is 23.7 Å². The normalized spacial score (nSPS) is 11.5. The molecule has 0 aromatic heterocycles. The van der Waals surface area contributed by atoms with E-state index in [1.165, 1.54) is 6.08 Å². The molecule has 0 aliphatic carbocycles.